The molecule has 0 unspecified atom stereocenters. The van der Waals surface area contributed by atoms with Crippen LogP contribution in [-0.4, -0.2) is 17.4 Å². The highest BCUT2D eigenvalue weighted by Gasteiger charge is 2.14. The van der Waals surface area contributed by atoms with Crippen molar-refractivity contribution in [1.82, 2.24) is 4.98 Å². The van der Waals surface area contributed by atoms with Crippen molar-refractivity contribution in [3.63, 3.8) is 0 Å². The number of rotatable bonds is 5. The van der Waals surface area contributed by atoms with Gasteiger partial charge in [-0.2, -0.15) is 5.26 Å². The predicted molar refractivity (Wildman–Crippen MR) is 79.2 cm³/mol. The molecule has 106 valence electrons. The van der Waals surface area contributed by atoms with Crippen LogP contribution in [0.2, 0.25) is 0 Å². The van der Waals surface area contributed by atoms with Crippen LogP contribution in [0.1, 0.15) is 35.5 Å². The van der Waals surface area contributed by atoms with E-state index in [4.69, 9.17) is 10.00 Å². The highest BCUT2D eigenvalue weighted by molar-refractivity contribution is 6.10. The van der Waals surface area contributed by atoms with Gasteiger partial charge in [-0.05, 0) is 30.2 Å². The molecule has 2 rings (SSSR count). The number of hydrogen-bond donors (Lipinski definition) is 0. The van der Waals surface area contributed by atoms with E-state index in [-0.39, 0.29) is 11.5 Å². The van der Waals surface area contributed by atoms with Crippen molar-refractivity contribution in [2.45, 2.75) is 13.8 Å². The van der Waals surface area contributed by atoms with Crippen molar-refractivity contribution < 1.29 is 9.53 Å². The van der Waals surface area contributed by atoms with E-state index in [1.165, 1.54) is 6.20 Å². The SMILES string of the molecule is CC(C)COc1cccc(C(=O)c2cccnc2C#N)c1. The molecule has 4 heteroatoms. The Kier molecular flexibility index (Phi) is 4.68. The van der Waals surface area contributed by atoms with Crippen LogP contribution < -0.4 is 4.74 Å². The van der Waals surface area contributed by atoms with Gasteiger partial charge in [-0.3, -0.25) is 4.79 Å². The van der Waals surface area contributed by atoms with Gasteiger partial charge in [-0.1, -0.05) is 26.0 Å². The Morgan fingerprint density at radius 2 is 2.14 bits per heavy atom. The summed E-state index contributed by atoms with van der Waals surface area (Å²) in [5.41, 5.74) is 0.928. The Hall–Kier alpha value is -2.67. The number of carbonyl (C=O) groups excluding carboxylic acids is 1. The minimum atomic E-state index is -0.227. The summed E-state index contributed by atoms with van der Waals surface area (Å²) in [5.74, 6) is 0.833. The molecule has 1 aromatic carbocycles. The van der Waals surface area contributed by atoms with Crippen LogP contribution in [0.25, 0.3) is 0 Å². The zero-order chi connectivity index (χ0) is 15.2. The number of nitriles is 1. The molecule has 0 saturated carbocycles. The van der Waals surface area contributed by atoms with Gasteiger partial charge in [-0.15, -0.1) is 0 Å². The summed E-state index contributed by atoms with van der Waals surface area (Å²) in [7, 11) is 0. The number of benzene rings is 1. The maximum Gasteiger partial charge on any atom is 0.196 e. The van der Waals surface area contributed by atoms with E-state index < -0.39 is 0 Å². The van der Waals surface area contributed by atoms with Gasteiger partial charge in [0, 0.05) is 11.8 Å². The van der Waals surface area contributed by atoms with Crippen LogP contribution >= 0.6 is 0 Å². The third-order valence-electron chi connectivity index (χ3n) is 2.84. The van der Waals surface area contributed by atoms with E-state index >= 15 is 0 Å². The number of hydrogen-bond acceptors (Lipinski definition) is 4. The first kappa shape index (κ1) is 14.7. The van der Waals surface area contributed by atoms with Crippen molar-refractivity contribution in [2.24, 2.45) is 5.92 Å². The standard InChI is InChI=1S/C17H16N2O2/c1-12(2)11-21-14-6-3-5-13(9-14)17(20)15-7-4-8-19-16(15)10-18/h3-9,12H,11H2,1-2H3. The molecule has 0 saturated heterocycles. The average molecular weight is 280 g/mol. The number of pyridine rings is 1. The lowest BCUT2D eigenvalue weighted by molar-refractivity contribution is 0.103. The third kappa shape index (κ3) is 3.67. The molecule has 1 aromatic heterocycles. The predicted octanol–water partition coefficient (Wildman–Crippen LogP) is 3.22. The number of aromatic nitrogens is 1. The van der Waals surface area contributed by atoms with Crippen LogP contribution in [0.3, 0.4) is 0 Å². The largest absolute Gasteiger partial charge is 0.493 e. The smallest absolute Gasteiger partial charge is 0.196 e. The third-order valence-corrected chi connectivity index (χ3v) is 2.84. The molecule has 0 aliphatic rings. The van der Waals surface area contributed by atoms with E-state index in [0.717, 1.165) is 0 Å². The number of ketones is 1. The first-order valence-corrected chi connectivity index (χ1v) is 6.74. The normalized spacial score (nSPS) is 10.2. The van der Waals surface area contributed by atoms with Gasteiger partial charge in [0.15, 0.2) is 11.5 Å². The molecule has 0 radical (unpaired) electrons. The van der Waals surface area contributed by atoms with Crippen molar-refractivity contribution in [2.75, 3.05) is 6.61 Å². The van der Waals surface area contributed by atoms with Crippen LogP contribution in [0.5, 0.6) is 5.75 Å². The topological polar surface area (TPSA) is 63.0 Å². The van der Waals surface area contributed by atoms with Crippen molar-refractivity contribution in [1.29, 1.82) is 5.26 Å². The second-order valence-electron chi connectivity index (χ2n) is 5.07. The summed E-state index contributed by atoms with van der Waals surface area (Å²) in [6.45, 7) is 4.71. The molecule has 21 heavy (non-hydrogen) atoms. The number of ether oxygens (including phenoxy) is 1. The van der Waals surface area contributed by atoms with E-state index in [0.29, 0.717) is 29.4 Å². The zero-order valence-corrected chi connectivity index (χ0v) is 12.0. The fraction of sp³-hybridized carbons (Fsp3) is 0.235. The first-order chi connectivity index (χ1) is 10.1. The van der Waals surface area contributed by atoms with Gasteiger partial charge >= 0.3 is 0 Å². The summed E-state index contributed by atoms with van der Waals surface area (Å²) < 4.78 is 5.62. The number of carbonyl (C=O) groups is 1. The molecular weight excluding hydrogens is 264 g/mol. The molecule has 0 bridgehead atoms. The van der Waals surface area contributed by atoms with E-state index in [9.17, 15) is 4.79 Å². The lowest BCUT2D eigenvalue weighted by Gasteiger charge is -2.10. The molecule has 0 atom stereocenters. The van der Waals surface area contributed by atoms with Gasteiger partial charge in [0.1, 0.15) is 11.8 Å². The molecule has 0 fully saturated rings. The van der Waals surface area contributed by atoms with Crippen LogP contribution in [0, 0.1) is 17.2 Å². The lowest BCUT2D eigenvalue weighted by atomic mass is 10.0. The van der Waals surface area contributed by atoms with Gasteiger partial charge in [0.05, 0.1) is 12.2 Å². The molecule has 4 nitrogen and oxygen atoms in total. The van der Waals surface area contributed by atoms with Gasteiger partial charge < -0.3 is 4.74 Å². The summed E-state index contributed by atoms with van der Waals surface area (Å²) in [4.78, 5) is 16.4. The molecule has 0 amide bonds. The maximum atomic E-state index is 12.5. The van der Waals surface area contributed by atoms with Gasteiger partial charge in [-0.25, -0.2) is 4.98 Å². The monoisotopic (exact) mass is 280 g/mol. The van der Waals surface area contributed by atoms with Crippen LogP contribution in [0.4, 0.5) is 0 Å². The fourth-order valence-corrected chi connectivity index (χ4v) is 1.82. The highest BCUT2D eigenvalue weighted by atomic mass is 16.5. The summed E-state index contributed by atoms with van der Waals surface area (Å²) >= 11 is 0. The summed E-state index contributed by atoms with van der Waals surface area (Å²) in [6.07, 6.45) is 1.50. The van der Waals surface area contributed by atoms with E-state index in [1.54, 1.807) is 30.3 Å². The Balaban J connectivity index is 2.27. The van der Waals surface area contributed by atoms with Crippen molar-refractivity contribution in [3.8, 4) is 11.8 Å². The Morgan fingerprint density at radius 3 is 2.86 bits per heavy atom. The average Bonchev–Trinajstić information content (AvgIpc) is 2.52. The van der Waals surface area contributed by atoms with Crippen LogP contribution in [-0.2, 0) is 0 Å². The summed E-state index contributed by atoms with van der Waals surface area (Å²) in [6, 6.07) is 12.2. The van der Waals surface area contributed by atoms with Crippen molar-refractivity contribution >= 4 is 5.78 Å². The Labute approximate surface area is 124 Å². The molecule has 1 heterocycles. The minimum Gasteiger partial charge on any atom is -0.493 e. The molecule has 0 aliphatic heterocycles. The molecule has 0 aliphatic carbocycles. The molecule has 2 aromatic rings. The van der Waals surface area contributed by atoms with Crippen LogP contribution in [0.15, 0.2) is 42.6 Å². The first-order valence-electron chi connectivity index (χ1n) is 6.74. The zero-order valence-electron chi connectivity index (χ0n) is 12.0. The van der Waals surface area contributed by atoms with E-state index in [2.05, 4.69) is 18.8 Å². The van der Waals surface area contributed by atoms with Gasteiger partial charge in [0.2, 0.25) is 0 Å². The Bertz CT molecular complexity index is 687. The fourth-order valence-electron chi connectivity index (χ4n) is 1.82. The maximum absolute atomic E-state index is 12.5. The minimum absolute atomic E-state index is 0.135. The van der Waals surface area contributed by atoms with Gasteiger partial charge in [0.25, 0.3) is 0 Å². The molecular formula is C17H16N2O2. The van der Waals surface area contributed by atoms with Crippen molar-refractivity contribution in [3.05, 3.63) is 59.4 Å². The highest BCUT2D eigenvalue weighted by Crippen LogP contribution is 2.18. The quantitative estimate of drug-likeness (QED) is 0.789. The molecule has 0 spiro atoms. The second-order valence-corrected chi connectivity index (χ2v) is 5.07. The second kappa shape index (κ2) is 6.67. The summed E-state index contributed by atoms with van der Waals surface area (Å²) in [5, 5.41) is 9.02. The molecule has 0 N–H and O–H groups in total. The van der Waals surface area contributed by atoms with E-state index in [1.807, 2.05) is 12.1 Å². The number of nitrogens with zero attached hydrogens (tertiary/aromatic N) is 2. The lowest BCUT2D eigenvalue weighted by Crippen LogP contribution is -2.07. The Morgan fingerprint density at radius 1 is 1.33 bits per heavy atom.